The summed E-state index contributed by atoms with van der Waals surface area (Å²) in [4.78, 5) is 31.1. The summed E-state index contributed by atoms with van der Waals surface area (Å²) in [5.41, 5.74) is 12.9. The van der Waals surface area contributed by atoms with Gasteiger partial charge in [0.25, 0.3) is 0 Å². The normalized spacial score (nSPS) is 18.2. The first-order valence-corrected chi connectivity index (χ1v) is 9.97. The molecule has 6 N–H and O–H groups in total. The summed E-state index contributed by atoms with van der Waals surface area (Å²) in [5, 5.41) is 14.1. The zero-order valence-corrected chi connectivity index (χ0v) is 17.8. The number of carbonyl (C=O) groups excluding carboxylic acids is 2. The van der Waals surface area contributed by atoms with Crippen LogP contribution in [0.2, 0.25) is 0 Å². The van der Waals surface area contributed by atoms with Crippen molar-refractivity contribution < 1.29 is 9.59 Å². The van der Waals surface area contributed by atoms with Crippen molar-refractivity contribution in [1.82, 2.24) is 19.7 Å². The van der Waals surface area contributed by atoms with Crippen LogP contribution in [0.15, 0.2) is 18.5 Å². The highest BCUT2D eigenvalue weighted by atomic mass is 16.2. The van der Waals surface area contributed by atoms with Crippen LogP contribution in [0.1, 0.15) is 50.9 Å². The smallest absolute Gasteiger partial charge is 0.314 e. The standard InChI is InChI=1S/C18H24N8O2.C2H6/c1-10-3-4-14(13-5-6-23-25(13)2)26(9-10)18(28)17(27)24-12-8-22-16(21)11(7-19)15(12)20;1-2/h5-8,10,14,19H,3-4,9H2,1-2H3,(H,24,27)(H4,20,21,22);1-2H3/t10-,14-;/m1./s1. The summed E-state index contributed by atoms with van der Waals surface area (Å²) in [6.07, 6.45) is 5.62. The Morgan fingerprint density at radius 1 is 1.30 bits per heavy atom. The van der Waals surface area contributed by atoms with E-state index in [1.807, 2.05) is 27.0 Å². The fourth-order valence-corrected chi connectivity index (χ4v) is 3.51. The van der Waals surface area contributed by atoms with E-state index in [2.05, 4.69) is 22.3 Å². The molecule has 0 aliphatic carbocycles. The van der Waals surface area contributed by atoms with Gasteiger partial charge in [-0.05, 0) is 24.8 Å². The van der Waals surface area contributed by atoms with Gasteiger partial charge in [-0.1, -0.05) is 20.8 Å². The molecule has 10 heteroatoms. The third kappa shape index (κ3) is 4.58. The Balaban J connectivity index is 0.00000155. The van der Waals surface area contributed by atoms with Crippen molar-refractivity contribution >= 4 is 35.2 Å². The minimum atomic E-state index is -0.810. The summed E-state index contributed by atoms with van der Waals surface area (Å²) in [6, 6.07) is 1.64. The van der Waals surface area contributed by atoms with Crippen LogP contribution in [0, 0.1) is 11.3 Å². The summed E-state index contributed by atoms with van der Waals surface area (Å²) in [7, 11) is 1.82. The third-order valence-electron chi connectivity index (χ3n) is 5.05. The first-order valence-electron chi connectivity index (χ1n) is 9.97. The number of hydrogen-bond donors (Lipinski definition) is 4. The van der Waals surface area contributed by atoms with Gasteiger partial charge in [0.15, 0.2) is 0 Å². The predicted molar refractivity (Wildman–Crippen MR) is 117 cm³/mol. The Kier molecular flexibility index (Phi) is 7.51. The number of aromatic nitrogens is 3. The number of hydrogen-bond acceptors (Lipinski definition) is 7. The van der Waals surface area contributed by atoms with Crippen LogP contribution in [-0.2, 0) is 16.6 Å². The van der Waals surface area contributed by atoms with Crippen molar-refractivity contribution in [2.75, 3.05) is 23.3 Å². The number of anilines is 3. The van der Waals surface area contributed by atoms with Crippen molar-refractivity contribution in [1.29, 1.82) is 5.41 Å². The number of nitrogen functional groups attached to an aromatic ring is 2. The zero-order valence-electron chi connectivity index (χ0n) is 17.8. The number of aryl methyl sites for hydroxylation is 1. The van der Waals surface area contributed by atoms with Crippen LogP contribution in [0.25, 0.3) is 0 Å². The zero-order chi connectivity index (χ0) is 22.4. The van der Waals surface area contributed by atoms with Gasteiger partial charge < -0.3 is 27.1 Å². The van der Waals surface area contributed by atoms with E-state index in [4.69, 9.17) is 16.9 Å². The molecule has 1 saturated heterocycles. The van der Waals surface area contributed by atoms with Gasteiger partial charge in [-0.25, -0.2) is 4.98 Å². The number of nitrogens with zero attached hydrogens (tertiary/aromatic N) is 4. The molecule has 10 nitrogen and oxygen atoms in total. The largest absolute Gasteiger partial charge is 0.396 e. The number of amides is 2. The fourth-order valence-electron chi connectivity index (χ4n) is 3.51. The number of nitrogens with one attached hydrogen (secondary N) is 2. The number of likely N-dealkylation sites (tertiary alicyclic amines) is 1. The van der Waals surface area contributed by atoms with Crippen molar-refractivity contribution in [3.05, 3.63) is 29.7 Å². The Hall–Kier alpha value is -3.43. The first-order chi connectivity index (χ1) is 14.3. The molecule has 2 atom stereocenters. The first kappa shape index (κ1) is 22.9. The molecule has 0 radical (unpaired) electrons. The van der Waals surface area contributed by atoms with E-state index in [0.29, 0.717) is 6.54 Å². The molecule has 1 aliphatic heterocycles. The minimum Gasteiger partial charge on any atom is -0.396 e. The lowest BCUT2D eigenvalue weighted by atomic mass is 9.92. The summed E-state index contributed by atoms with van der Waals surface area (Å²) < 4.78 is 1.72. The SMILES string of the molecule is CC.C[C@@H]1CC[C@H](c2ccnn2C)N(C(=O)C(=O)Nc2cnc(N)c(C=N)c2N)C1. The molecule has 0 aromatic carbocycles. The number of carbonyl (C=O) groups is 2. The molecular weight excluding hydrogens is 384 g/mol. The maximum absolute atomic E-state index is 13.0. The highest BCUT2D eigenvalue weighted by molar-refractivity contribution is 6.40. The number of pyridine rings is 1. The van der Waals surface area contributed by atoms with Crippen LogP contribution >= 0.6 is 0 Å². The van der Waals surface area contributed by atoms with Gasteiger partial charge in [0.05, 0.1) is 34.9 Å². The van der Waals surface area contributed by atoms with Gasteiger partial charge in [-0.15, -0.1) is 0 Å². The maximum atomic E-state index is 13.0. The molecule has 2 amide bonds. The number of rotatable bonds is 3. The molecule has 2 aromatic rings. The molecule has 1 fully saturated rings. The van der Waals surface area contributed by atoms with Crippen LogP contribution in [0.4, 0.5) is 17.2 Å². The molecule has 162 valence electrons. The van der Waals surface area contributed by atoms with Crippen LogP contribution in [0.5, 0.6) is 0 Å². The van der Waals surface area contributed by atoms with E-state index in [9.17, 15) is 9.59 Å². The van der Waals surface area contributed by atoms with Crippen LogP contribution in [0.3, 0.4) is 0 Å². The van der Waals surface area contributed by atoms with E-state index in [1.54, 1.807) is 15.8 Å². The second kappa shape index (κ2) is 9.86. The highest BCUT2D eigenvalue weighted by Crippen LogP contribution is 2.33. The second-order valence-electron chi connectivity index (χ2n) is 7.02. The molecule has 3 heterocycles. The second-order valence-corrected chi connectivity index (χ2v) is 7.02. The third-order valence-corrected chi connectivity index (χ3v) is 5.05. The predicted octanol–water partition coefficient (Wildman–Crippen LogP) is 1.94. The quantitative estimate of drug-likeness (QED) is 0.444. The lowest BCUT2D eigenvalue weighted by molar-refractivity contribution is -0.146. The topological polar surface area (TPSA) is 156 Å². The summed E-state index contributed by atoms with van der Waals surface area (Å²) in [6.45, 7) is 6.53. The maximum Gasteiger partial charge on any atom is 0.314 e. The molecule has 0 unspecified atom stereocenters. The van der Waals surface area contributed by atoms with E-state index >= 15 is 0 Å². The van der Waals surface area contributed by atoms with Gasteiger partial charge in [0.1, 0.15) is 5.82 Å². The fraction of sp³-hybridized carbons (Fsp3) is 0.450. The van der Waals surface area contributed by atoms with Gasteiger partial charge in [0.2, 0.25) is 0 Å². The molecule has 0 saturated carbocycles. The number of nitrogens with two attached hydrogens (primary N) is 2. The van der Waals surface area contributed by atoms with Gasteiger partial charge in [-0.2, -0.15) is 5.10 Å². The monoisotopic (exact) mass is 414 g/mol. The molecule has 3 rings (SSSR count). The van der Waals surface area contributed by atoms with Gasteiger partial charge >= 0.3 is 11.8 Å². The lowest BCUT2D eigenvalue weighted by Crippen LogP contribution is -2.47. The summed E-state index contributed by atoms with van der Waals surface area (Å²) in [5.74, 6) is -1.09. The van der Waals surface area contributed by atoms with Crippen LogP contribution < -0.4 is 16.8 Å². The molecule has 0 spiro atoms. The lowest BCUT2D eigenvalue weighted by Gasteiger charge is -2.38. The average Bonchev–Trinajstić information content (AvgIpc) is 3.17. The van der Waals surface area contributed by atoms with Gasteiger partial charge in [-0.3, -0.25) is 14.3 Å². The Morgan fingerprint density at radius 3 is 2.60 bits per heavy atom. The highest BCUT2D eigenvalue weighted by Gasteiger charge is 2.35. The van der Waals surface area contributed by atoms with E-state index in [0.717, 1.165) is 24.8 Å². The molecule has 1 aliphatic rings. The van der Waals surface area contributed by atoms with Crippen molar-refractivity contribution in [3.8, 4) is 0 Å². The van der Waals surface area contributed by atoms with E-state index in [-0.39, 0.29) is 34.7 Å². The molecule has 30 heavy (non-hydrogen) atoms. The van der Waals surface area contributed by atoms with Gasteiger partial charge in [0, 0.05) is 26.0 Å². The Morgan fingerprint density at radius 2 is 2.00 bits per heavy atom. The van der Waals surface area contributed by atoms with E-state index in [1.165, 1.54) is 6.20 Å². The Labute approximate surface area is 176 Å². The molecular formula is C20H30N8O2. The van der Waals surface area contributed by atoms with E-state index < -0.39 is 11.8 Å². The summed E-state index contributed by atoms with van der Waals surface area (Å²) >= 11 is 0. The Bertz CT molecular complexity index is 924. The van der Waals surface area contributed by atoms with Crippen molar-refractivity contribution in [2.45, 2.75) is 39.7 Å². The van der Waals surface area contributed by atoms with Crippen molar-refractivity contribution in [2.24, 2.45) is 13.0 Å². The molecule has 0 bridgehead atoms. The average molecular weight is 415 g/mol. The molecule has 2 aromatic heterocycles. The van der Waals surface area contributed by atoms with Crippen molar-refractivity contribution in [3.63, 3.8) is 0 Å². The van der Waals surface area contributed by atoms with Crippen LogP contribution in [-0.4, -0.2) is 44.2 Å². The number of piperidine rings is 1. The minimum absolute atomic E-state index is 0.0814.